The fourth-order valence-electron chi connectivity index (χ4n) is 1.71. The van der Waals surface area contributed by atoms with Crippen LogP contribution in [-0.4, -0.2) is 31.7 Å². The van der Waals surface area contributed by atoms with Crippen molar-refractivity contribution in [3.8, 4) is 0 Å². The molecule has 0 unspecified atom stereocenters. The van der Waals surface area contributed by atoms with E-state index in [1.165, 1.54) is 5.56 Å². The zero-order valence-electron chi connectivity index (χ0n) is 9.66. The molecule has 0 aromatic heterocycles. The van der Waals surface area contributed by atoms with E-state index in [9.17, 15) is 4.79 Å². The summed E-state index contributed by atoms with van der Waals surface area (Å²) < 4.78 is 10.4. The Kier molecular flexibility index (Phi) is 3.36. The van der Waals surface area contributed by atoms with Gasteiger partial charge in [0.25, 0.3) is 0 Å². The van der Waals surface area contributed by atoms with E-state index in [2.05, 4.69) is 0 Å². The van der Waals surface area contributed by atoms with Crippen LogP contribution in [0.1, 0.15) is 21.5 Å². The van der Waals surface area contributed by atoms with Crippen LogP contribution < -0.4 is 0 Å². The van der Waals surface area contributed by atoms with E-state index in [-0.39, 0.29) is 18.5 Å². The Bertz CT molecular complexity index is 394. The van der Waals surface area contributed by atoms with Gasteiger partial charge in [-0.2, -0.15) is 0 Å². The van der Waals surface area contributed by atoms with Gasteiger partial charge < -0.3 is 9.47 Å². The first-order valence-corrected chi connectivity index (χ1v) is 5.46. The summed E-state index contributed by atoms with van der Waals surface area (Å²) in [4.78, 5) is 11.9. The molecule has 16 heavy (non-hydrogen) atoms. The number of hydrogen-bond acceptors (Lipinski definition) is 3. The monoisotopic (exact) mass is 220 g/mol. The van der Waals surface area contributed by atoms with Crippen LogP contribution >= 0.6 is 0 Å². The second-order valence-corrected chi connectivity index (χ2v) is 4.21. The maximum Gasteiger partial charge on any atom is 0.188 e. The van der Waals surface area contributed by atoms with E-state index in [0.717, 1.165) is 11.1 Å². The average molecular weight is 220 g/mol. The van der Waals surface area contributed by atoms with Gasteiger partial charge in [-0.05, 0) is 19.4 Å². The van der Waals surface area contributed by atoms with Crippen molar-refractivity contribution in [1.82, 2.24) is 0 Å². The second kappa shape index (κ2) is 4.76. The molecular weight excluding hydrogens is 204 g/mol. The number of hydrogen-bond donors (Lipinski definition) is 0. The molecule has 1 aromatic rings. The largest absolute Gasteiger partial charge is 0.376 e. The Morgan fingerprint density at radius 3 is 2.75 bits per heavy atom. The Hall–Kier alpha value is -1.19. The zero-order valence-corrected chi connectivity index (χ0v) is 9.66. The van der Waals surface area contributed by atoms with Crippen molar-refractivity contribution >= 4 is 5.78 Å². The lowest BCUT2D eigenvalue weighted by Gasteiger charge is -2.25. The minimum atomic E-state index is 0.0457. The molecule has 3 nitrogen and oxygen atoms in total. The molecule has 1 heterocycles. The lowest BCUT2D eigenvalue weighted by molar-refractivity contribution is -0.123. The molecule has 2 rings (SSSR count). The third-order valence-corrected chi connectivity index (χ3v) is 2.74. The van der Waals surface area contributed by atoms with Gasteiger partial charge in [0.05, 0.1) is 13.2 Å². The maximum absolute atomic E-state index is 11.9. The topological polar surface area (TPSA) is 35.5 Å². The number of Topliss-reactive ketones (excluding diaryl/α,β-unsaturated/α-hetero) is 1. The van der Waals surface area contributed by atoms with Crippen LogP contribution in [0, 0.1) is 13.8 Å². The summed E-state index contributed by atoms with van der Waals surface area (Å²) in [5.74, 6) is 0.0457. The van der Waals surface area contributed by atoms with E-state index in [4.69, 9.17) is 9.47 Å². The van der Waals surface area contributed by atoms with Crippen LogP contribution in [0.25, 0.3) is 0 Å². The smallest absolute Gasteiger partial charge is 0.188 e. The average Bonchev–Trinajstić information content (AvgIpc) is 2.14. The Balaban J connectivity index is 1.96. The van der Waals surface area contributed by atoms with Crippen molar-refractivity contribution in [3.63, 3.8) is 0 Å². The highest BCUT2D eigenvalue weighted by atomic mass is 16.6. The molecule has 0 saturated carbocycles. The fourth-order valence-corrected chi connectivity index (χ4v) is 1.71. The van der Waals surface area contributed by atoms with E-state index in [1.807, 2.05) is 32.0 Å². The van der Waals surface area contributed by atoms with Crippen molar-refractivity contribution in [3.05, 3.63) is 34.9 Å². The van der Waals surface area contributed by atoms with E-state index in [0.29, 0.717) is 13.2 Å². The molecule has 0 bridgehead atoms. The zero-order chi connectivity index (χ0) is 11.5. The van der Waals surface area contributed by atoms with Gasteiger partial charge in [-0.3, -0.25) is 4.79 Å². The fraction of sp³-hybridized carbons (Fsp3) is 0.462. The van der Waals surface area contributed by atoms with Crippen LogP contribution in [0.2, 0.25) is 0 Å². The molecule has 0 amide bonds. The maximum atomic E-state index is 11.9. The normalized spacial score (nSPS) is 15.9. The standard InChI is InChI=1S/C13H16O3/c1-9-3-4-12(10(2)5-9)13(14)8-16-11-6-15-7-11/h3-5,11H,6-8H2,1-2H3. The van der Waals surface area contributed by atoms with Crippen molar-refractivity contribution in [2.75, 3.05) is 19.8 Å². The van der Waals surface area contributed by atoms with Crippen LogP contribution in [0.3, 0.4) is 0 Å². The van der Waals surface area contributed by atoms with E-state index < -0.39 is 0 Å². The number of benzene rings is 1. The number of carbonyl (C=O) groups is 1. The van der Waals surface area contributed by atoms with Crippen molar-refractivity contribution < 1.29 is 14.3 Å². The molecule has 3 heteroatoms. The lowest BCUT2D eigenvalue weighted by atomic mass is 10.0. The summed E-state index contributed by atoms with van der Waals surface area (Å²) >= 11 is 0. The number of rotatable bonds is 4. The van der Waals surface area contributed by atoms with Gasteiger partial charge in [-0.25, -0.2) is 0 Å². The molecule has 0 N–H and O–H groups in total. The SMILES string of the molecule is Cc1ccc(C(=O)COC2COC2)c(C)c1. The van der Waals surface area contributed by atoms with Crippen LogP contribution in [0.4, 0.5) is 0 Å². The first kappa shape index (κ1) is 11.3. The Morgan fingerprint density at radius 1 is 1.44 bits per heavy atom. The van der Waals surface area contributed by atoms with Crippen LogP contribution in [-0.2, 0) is 9.47 Å². The van der Waals surface area contributed by atoms with Crippen molar-refractivity contribution in [1.29, 1.82) is 0 Å². The highest BCUT2D eigenvalue weighted by molar-refractivity contribution is 5.98. The second-order valence-electron chi connectivity index (χ2n) is 4.21. The molecular formula is C13H16O3. The summed E-state index contributed by atoms with van der Waals surface area (Å²) in [7, 11) is 0. The summed E-state index contributed by atoms with van der Waals surface area (Å²) in [6.45, 7) is 5.34. The quantitative estimate of drug-likeness (QED) is 0.727. The minimum absolute atomic E-state index is 0.0457. The molecule has 0 spiro atoms. The molecule has 1 aliphatic rings. The predicted molar refractivity (Wildman–Crippen MR) is 60.8 cm³/mol. The highest BCUT2D eigenvalue weighted by Crippen LogP contribution is 2.12. The van der Waals surface area contributed by atoms with Crippen LogP contribution in [0.5, 0.6) is 0 Å². The number of carbonyl (C=O) groups excluding carboxylic acids is 1. The van der Waals surface area contributed by atoms with Gasteiger partial charge in [-0.15, -0.1) is 0 Å². The molecule has 1 aliphatic heterocycles. The van der Waals surface area contributed by atoms with Crippen LogP contribution in [0.15, 0.2) is 18.2 Å². The van der Waals surface area contributed by atoms with Gasteiger partial charge in [-0.1, -0.05) is 23.8 Å². The summed E-state index contributed by atoms with van der Waals surface area (Å²) in [5, 5.41) is 0. The lowest BCUT2D eigenvalue weighted by Crippen LogP contribution is -2.37. The van der Waals surface area contributed by atoms with E-state index in [1.54, 1.807) is 0 Å². The summed E-state index contributed by atoms with van der Waals surface area (Å²) in [5.41, 5.74) is 2.94. The van der Waals surface area contributed by atoms with Gasteiger partial charge in [0, 0.05) is 5.56 Å². The number of ether oxygens (including phenoxy) is 2. The van der Waals surface area contributed by atoms with E-state index >= 15 is 0 Å². The molecule has 0 aliphatic carbocycles. The summed E-state index contributed by atoms with van der Waals surface area (Å²) in [6.07, 6.45) is 0.106. The predicted octanol–water partition coefficient (Wildman–Crippen LogP) is 1.90. The van der Waals surface area contributed by atoms with Gasteiger partial charge in [0.2, 0.25) is 0 Å². The van der Waals surface area contributed by atoms with Crippen molar-refractivity contribution in [2.24, 2.45) is 0 Å². The Morgan fingerprint density at radius 2 is 2.19 bits per heavy atom. The third-order valence-electron chi connectivity index (χ3n) is 2.74. The molecule has 1 saturated heterocycles. The van der Waals surface area contributed by atoms with Gasteiger partial charge >= 0.3 is 0 Å². The summed E-state index contributed by atoms with van der Waals surface area (Å²) in [6, 6.07) is 5.83. The number of aryl methyl sites for hydroxylation is 2. The van der Waals surface area contributed by atoms with Gasteiger partial charge in [0.1, 0.15) is 12.7 Å². The minimum Gasteiger partial charge on any atom is -0.376 e. The first-order valence-electron chi connectivity index (χ1n) is 5.46. The Labute approximate surface area is 95.4 Å². The molecule has 0 atom stereocenters. The molecule has 0 radical (unpaired) electrons. The highest BCUT2D eigenvalue weighted by Gasteiger charge is 2.20. The number of ketones is 1. The molecule has 1 fully saturated rings. The van der Waals surface area contributed by atoms with Gasteiger partial charge in [0.15, 0.2) is 5.78 Å². The van der Waals surface area contributed by atoms with Crippen molar-refractivity contribution in [2.45, 2.75) is 20.0 Å². The molecule has 86 valence electrons. The molecule has 1 aromatic carbocycles. The third kappa shape index (κ3) is 2.49. The first-order chi connectivity index (χ1) is 7.66.